The largest absolute Gasteiger partial charge is 0.497 e. The predicted molar refractivity (Wildman–Crippen MR) is 161 cm³/mol. The highest BCUT2D eigenvalue weighted by Crippen LogP contribution is 2.35. The van der Waals surface area contributed by atoms with Crippen molar-refractivity contribution in [2.24, 2.45) is 5.10 Å². The molecule has 0 unspecified atom stereocenters. The van der Waals surface area contributed by atoms with Crippen molar-refractivity contribution in [1.82, 2.24) is 9.99 Å². The summed E-state index contributed by atoms with van der Waals surface area (Å²) >= 11 is 0. The van der Waals surface area contributed by atoms with Gasteiger partial charge in [-0.25, -0.2) is 13.8 Å². The van der Waals surface area contributed by atoms with Gasteiger partial charge >= 0.3 is 0 Å². The second-order valence-corrected chi connectivity index (χ2v) is 11.4. The number of methoxy groups -OCH3 is 2. The van der Waals surface area contributed by atoms with E-state index in [9.17, 15) is 13.2 Å². The summed E-state index contributed by atoms with van der Waals surface area (Å²) in [5.41, 5.74) is 8.89. The van der Waals surface area contributed by atoms with Crippen molar-refractivity contribution in [2.75, 3.05) is 25.1 Å². The smallest absolute Gasteiger partial charge is 0.264 e. The third-order valence-corrected chi connectivity index (χ3v) is 8.66. The van der Waals surface area contributed by atoms with Gasteiger partial charge in [0.15, 0.2) is 0 Å². The van der Waals surface area contributed by atoms with E-state index in [1.807, 2.05) is 19.9 Å². The first-order valence-electron chi connectivity index (χ1n) is 12.9. The van der Waals surface area contributed by atoms with E-state index < -0.39 is 22.5 Å². The lowest BCUT2D eigenvalue weighted by Gasteiger charge is -2.25. The minimum atomic E-state index is -4.15. The number of hydrogen-bond acceptors (Lipinski definition) is 6. The van der Waals surface area contributed by atoms with Gasteiger partial charge in [-0.1, -0.05) is 24.3 Å². The number of anilines is 1. The average molecular weight is 575 g/mol. The van der Waals surface area contributed by atoms with Crippen LogP contribution in [0.3, 0.4) is 0 Å². The Morgan fingerprint density at radius 1 is 0.927 bits per heavy atom. The van der Waals surface area contributed by atoms with Crippen LogP contribution in [0.4, 0.5) is 5.69 Å². The number of hydrazone groups is 1. The number of benzene rings is 3. The Bertz CT molecular complexity index is 1700. The molecule has 0 aliphatic carbocycles. The second-order valence-electron chi connectivity index (χ2n) is 9.59. The first-order valence-corrected chi connectivity index (χ1v) is 14.4. The lowest BCUT2D eigenvalue weighted by molar-refractivity contribution is -0.119. The predicted octanol–water partition coefficient (Wildman–Crippen LogP) is 5.07. The fourth-order valence-electron chi connectivity index (χ4n) is 4.53. The molecular weight excluding hydrogens is 540 g/mol. The van der Waals surface area contributed by atoms with Crippen LogP contribution >= 0.6 is 0 Å². The van der Waals surface area contributed by atoms with Crippen LogP contribution in [0, 0.1) is 27.7 Å². The highest BCUT2D eigenvalue weighted by atomic mass is 32.2. The molecule has 1 heterocycles. The van der Waals surface area contributed by atoms with E-state index in [0.29, 0.717) is 5.75 Å². The number of nitrogens with one attached hydrogen (secondary N) is 1. The summed E-state index contributed by atoms with van der Waals surface area (Å²) in [6.07, 6.45) is 1.56. The minimum Gasteiger partial charge on any atom is -0.497 e. The number of rotatable bonds is 10. The topological polar surface area (TPSA) is 102 Å². The first kappa shape index (κ1) is 29.4. The Morgan fingerprint density at radius 3 is 2.32 bits per heavy atom. The molecule has 0 saturated carbocycles. The van der Waals surface area contributed by atoms with Gasteiger partial charge in [0.2, 0.25) is 0 Å². The van der Waals surface area contributed by atoms with Gasteiger partial charge < -0.3 is 14.0 Å². The third-order valence-electron chi connectivity index (χ3n) is 6.88. The summed E-state index contributed by atoms with van der Waals surface area (Å²) in [5, 5.41) is 4.14. The average Bonchev–Trinajstić information content (AvgIpc) is 3.25. The molecule has 0 aliphatic rings. The highest BCUT2D eigenvalue weighted by molar-refractivity contribution is 7.92. The summed E-state index contributed by atoms with van der Waals surface area (Å²) < 4.78 is 41.3. The molecule has 0 radical (unpaired) electrons. The molecule has 214 valence electrons. The molecule has 41 heavy (non-hydrogen) atoms. The van der Waals surface area contributed by atoms with Crippen LogP contribution in [0.1, 0.15) is 28.1 Å². The van der Waals surface area contributed by atoms with Crippen LogP contribution in [0.25, 0.3) is 5.69 Å². The normalized spacial score (nSPS) is 11.5. The van der Waals surface area contributed by atoms with Crippen LogP contribution in [0.15, 0.2) is 82.8 Å². The molecule has 0 fully saturated rings. The van der Waals surface area contributed by atoms with Gasteiger partial charge in [0.05, 0.1) is 31.0 Å². The summed E-state index contributed by atoms with van der Waals surface area (Å²) in [6.45, 7) is 7.60. The first-order chi connectivity index (χ1) is 19.6. The Balaban J connectivity index is 1.61. The molecule has 9 nitrogen and oxygen atoms in total. The van der Waals surface area contributed by atoms with Crippen molar-refractivity contribution in [1.29, 1.82) is 0 Å². The number of sulfonamides is 1. The van der Waals surface area contributed by atoms with Gasteiger partial charge in [-0.15, -0.1) is 0 Å². The Morgan fingerprint density at radius 2 is 1.66 bits per heavy atom. The highest BCUT2D eigenvalue weighted by Gasteiger charge is 2.30. The van der Waals surface area contributed by atoms with Crippen LogP contribution in [0.2, 0.25) is 0 Å². The fourth-order valence-corrected chi connectivity index (χ4v) is 5.98. The van der Waals surface area contributed by atoms with Gasteiger partial charge in [-0.05, 0) is 81.3 Å². The quantitative estimate of drug-likeness (QED) is 0.210. The summed E-state index contributed by atoms with van der Waals surface area (Å²) in [5.74, 6) is 0.0422. The molecule has 10 heteroatoms. The van der Waals surface area contributed by atoms with Crippen molar-refractivity contribution >= 4 is 27.8 Å². The SMILES string of the molecule is COc1ccc(OC)c(N(CC(=O)N/N=C/c2cc(C)n(-c3ccc(C)c(C)c3)c2C)S(=O)(=O)c2ccccc2)c1. The van der Waals surface area contributed by atoms with Crippen molar-refractivity contribution < 1.29 is 22.7 Å². The summed E-state index contributed by atoms with van der Waals surface area (Å²) in [7, 11) is -1.25. The van der Waals surface area contributed by atoms with Gasteiger partial charge in [0.1, 0.15) is 18.0 Å². The molecule has 0 atom stereocenters. The molecule has 1 amide bonds. The summed E-state index contributed by atoms with van der Waals surface area (Å²) in [6, 6.07) is 20.9. The van der Waals surface area contributed by atoms with E-state index in [1.165, 1.54) is 43.5 Å². The Hall–Kier alpha value is -4.57. The molecular formula is C31H34N4O5S. The van der Waals surface area contributed by atoms with Crippen molar-refractivity contribution in [3.63, 3.8) is 0 Å². The van der Waals surface area contributed by atoms with Crippen molar-refractivity contribution in [2.45, 2.75) is 32.6 Å². The van der Waals surface area contributed by atoms with Gasteiger partial charge in [0.25, 0.3) is 15.9 Å². The zero-order valence-electron chi connectivity index (χ0n) is 24.0. The summed E-state index contributed by atoms with van der Waals surface area (Å²) in [4.78, 5) is 13.1. The Labute approximate surface area is 241 Å². The number of amides is 1. The monoisotopic (exact) mass is 574 g/mol. The zero-order chi connectivity index (χ0) is 29.7. The van der Waals surface area contributed by atoms with E-state index in [0.717, 1.165) is 26.9 Å². The number of aromatic nitrogens is 1. The molecule has 1 aromatic heterocycles. The maximum absolute atomic E-state index is 13.7. The van der Waals surface area contributed by atoms with Crippen molar-refractivity contribution in [3.8, 4) is 17.2 Å². The fraction of sp³-hybridized carbons (Fsp3) is 0.226. The van der Waals surface area contributed by atoms with Crippen LogP contribution in [-0.4, -0.2) is 45.9 Å². The molecule has 3 aromatic carbocycles. The molecule has 4 rings (SSSR count). The molecule has 0 saturated heterocycles. The maximum atomic E-state index is 13.7. The van der Waals surface area contributed by atoms with E-state index >= 15 is 0 Å². The molecule has 4 aromatic rings. The maximum Gasteiger partial charge on any atom is 0.264 e. The van der Waals surface area contributed by atoms with Crippen LogP contribution < -0.4 is 19.2 Å². The number of carbonyl (C=O) groups excluding carboxylic acids is 1. The number of nitrogens with zero attached hydrogens (tertiary/aromatic N) is 3. The van der Waals surface area contributed by atoms with E-state index in [1.54, 1.807) is 36.5 Å². The number of aryl methyl sites for hydroxylation is 3. The lowest BCUT2D eigenvalue weighted by atomic mass is 10.1. The number of ether oxygens (including phenoxy) is 2. The van der Waals surface area contributed by atoms with Gasteiger partial charge in [-0.3, -0.25) is 9.10 Å². The van der Waals surface area contributed by atoms with Crippen molar-refractivity contribution in [3.05, 3.63) is 101 Å². The Kier molecular flexibility index (Phi) is 8.83. The number of hydrogen-bond donors (Lipinski definition) is 1. The van der Waals surface area contributed by atoms with Gasteiger partial charge in [-0.2, -0.15) is 5.10 Å². The van der Waals surface area contributed by atoms with E-state index in [4.69, 9.17) is 9.47 Å². The molecule has 0 aliphatic heterocycles. The van der Waals surface area contributed by atoms with E-state index in [2.05, 4.69) is 47.1 Å². The van der Waals surface area contributed by atoms with Crippen LogP contribution in [-0.2, 0) is 14.8 Å². The van der Waals surface area contributed by atoms with Gasteiger partial charge in [0, 0.05) is 28.7 Å². The number of carbonyl (C=O) groups is 1. The second kappa shape index (κ2) is 12.3. The molecule has 1 N–H and O–H groups in total. The lowest BCUT2D eigenvalue weighted by Crippen LogP contribution is -2.39. The minimum absolute atomic E-state index is 0.0277. The van der Waals surface area contributed by atoms with Crippen LogP contribution in [0.5, 0.6) is 11.5 Å². The molecule has 0 spiro atoms. The third kappa shape index (κ3) is 6.28. The standard InChI is InChI=1S/C31H34N4O5S/c1-21-12-13-26(16-22(21)2)35-23(3)17-25(24(35)4)19-32-33-31(36)20-34(41(37,38)28-10-8-7-9-11-28)29-18-27(39-5)14-15-30(29)40-6/h7-19H,20H2,1-6H3,(H,33,36)/b32-19+. The molecule has 0 bridgehead atoms. The zero-order valence-corrected chi connectivity index (χ0v) is 24.8. The van der Waals surface area contributed by atoms with E-state index in [-0.39, 0.29) is 16.3 Å².